The number of imide groups is 1. The summed E-state index contributed by atoms with van der Waals surface area (Å²) >= 11 is 0. The van der Waals surface area contributed by atoms with Crippen LogP contribution in [0.2, 0.25) is 0 Å². The highest BCUT2D eigenvalue weighted by molar-refractivity contribution is 6.09. The molecular weight excluding hydrogens is 386 g/mol. The summed E-state index contributed by atoms with van der Waals surface area (Å²) in [6.45, 7) is 1.44. The fourth-order valence-electron chi connectivity index (χ4n) is 4.34. The Kier molecular flexibility index (Phi) is 5.49. The molecule has 3 fully saturated rings. The third kappa shape index (κ3) is 3.91. The minimum Gasteiger partial charge on any atom is -0.446 e. The molecule has 1 saturated heterocycles. The van der Waals surface area contributed by atoms with Crippen molar-refractivity contribution in [3.8, 4) is 0 Å². The van der Waals surface area contributed by atoms with Gasteiger partial charge in [0.05, 0.1) is 0 Å². The van der Waals surface area contributed by atoms with Gasteiger partial charge in [-0.15, -0.1) is 0 Å². The quantitative estimate of drug-likeness (QED) is 0.549. The lowest BCUT2D eigenvalue weighted by molar-refractivity contribution is -0.158. The van der Waals surface area contributed by atoms with Crippen LogP contribution in [0, 0.1) is 5.92 Å². The molecule has 1 aromatic carbocycles. The zero-order chi connectivity index (χ0) is 21.3. The van der Waals surface area contributed by atoms with Crippen LogP contribution in [-0.4, -0.2) is 46.8 Å². The molecule has 2 N–H and O–H groups in total. The minimum atomic E-state index is -1.12. The van der Waals surface area contributed by atoms with Gasteiger partial charge in [-0.05, 0) is 31.6 Å². The number of urea groups is 1. The predicted octanol–water partition coefficient (Wildman–Crippen LogP) is 2.05. The lowest BCUT2D eigenvalue weighted by atomic mass is 9.73. The summed E-state index contributed by atoms with van der Waals surface area (Å²) in [7, 11) is 0. The summed E-state index contributed by atoms with van der Waals surface area (Å²) < 4.78 is 5.46. The highest BCUT2D eigenvalue weighted by atomic mass is 16.5. The van der Waals surface area contributed by atoms with Gasteiger partial charge in [0.1, 0.15) is 12.1 Å². The van der Waals surface area contributed by atoms with Gasteiger partial charge in [-0.1, -0.05) is 50.1 Å². The van der Waals surface area contributed by atoms with Crippen molar-refractivity contribution in [2.45, 2.75) is 63.1 Å². The number of esters is 1. The van der Waals surface area contributed by atoms with Crippen LogP contribution in [-0.2, 0) is 19.1 Å². The molecule has 8 nitrogen and oxygen atoms in total. The molecule has 0 aromatic heterocycles. The number of hydrogen-bond donors (Lipinski definition) is 2. The molecule has 160 valence electrons. The number of nitrogens with zero attached hydrogens (tertiary/aromatic N) is 1. The van der Waals surface area contributed by atoms with Gasteiger partial charge in [-0.25, -0.2) is 4.79 Å². The van der Waals surface area contributed by atoms with Gasteiger partial charge in [0.15, 0.2) is 0 Å². The maximum atomic E-state index is 13.0. The number of nitrogens with one attached hydrogen (secondary N) is 2. The molecule has 4 amide bonds. The Morgan fingerprint density at radius 3 is 2.60 bits per heavy atom. The fourth-order valence-corrected chi connectivity index (χ4v) is 4.34. The average molecular weight is 413 g/mol. The number of benzene rings is 1. The van der Waals surface area contributed by atoms with Crippen LogP contribution in [0.3, 0.4) is 0 Å². The first kappa shape index (κ1) is 20.4. The molecule has 2 saturated carbocycles. The standard InChI is InChI=1S/C22H27N3O5/c1-14-7-5-6-12-22(14)20(28)25(21(29)24-22)13-17(26)30-18(15-8-3-2-4-9-15)19(27)23-16-10-11-16/h2-4,8-9,14,16,18H,5-7,10-13H2,1H3,(H,23,27)(H,24,29). The summed E-state index contributed by atoms with van der Waals surface area (Å²) in [4.78, 5) is 51.7. The molecule has 1 aromatic rings. The predicted molar refractivity (Wildman–Crippen MR) is 107 cm³/mol. The van der Waals surface area contributed by atoms with Gasteiger partial charge < -0.3 is 15.4 Å². The van der Waals surface area contributed by atoms with Crippen molar-refractivity contribution in [3.63, 3.8) is 0 Å². The second kappa shape index (κ2) is 8.08. The van der Waals surface area contributed by atoms with Crippen LogP contribution < -0.4 is 10.6 Å². The Morgan fingerprint density at radius 1 is 1.20 bits per heavy atom. The smallest absolute Gasteiger partial charge is 0.327 e. The van der Waals surface area contributed by atoms with E-state index in [1.807, 2.05) is 6.92 Å². The number of rotatable bonds is 6. The van der Waals surface area contributed by atoms with E-state index in [1.54, 1.807) is 30.3 Å². The first-order valence-electron chi connectivity index (χ1n) is 10.6. The normalized spacial score (nSPS) is 27.0. The van der Waals surface area contributed by atoms with E-state index in [-0.39, 0.29) is 17.9 Å². The molecule has 4 rings (SSSR count). The van der Waals surface area contributed by atoms with Gasteiger partial charge in [0.2, 0.25) is 6.10 Å². The maximum absolute atomic E-state index is 13.0. The van der Waals surface area contributed by atoms with E-state index in [2.05, 4.69) is 10.6 Å². The van der Waals surface area contributed by atoms with E-state index in [0.29, 0.717) is 12.0 Å². The molecule has 0 bridgehead atoms. The topological polar surface area (TPSA) is 105 Å². The van der Waals surface area contributed by atoms with Crippen molar-refractivity contribution < 1.29 is 23.9 Å². The molecule has 1 spiro atoms. The van der Waals surface area contributed by atoms with E-state index in [1.165, 1.54) is 0 Å². The van der Waals surface area contributed by atoms with Crippen molar-refractivity contribution in [1.82, 2.24) is 15.5 Å². The molecular formula is C22H27N3O5. The number of carbonyl (C=O) groups excluding carboxylic acids is 4. The summed E-state index contributed by atoms with van der Waals surface area (Å²) in [5, 5.41) is 5.66. The zero-order valence-electron chi connectivity index (χ0n) is 17.1. The van der Waals surface area contributed by atoms with Crippen molar-refractivity contribution in [2.75, 3.05) is 6.54 Å². The third-order valence-corrected chi connectivity index (χ3v) is 6.30. The van der Waals surface area contributed by atoms with Crippen LogP contribution in [0.4, 0.5) is 4.79 Å². The minimum absolute atomic E-state index is 0.00473. The molecule has 1 aliphatic heterocycles. The lowest BCUT2D eigenvalue weighted by Crippen LogP contribution is -2.54. The highest BCUT2D eigenvalue weighted by Gasteiger charge is 2.55. The molecule has 3 aliphatic rings. The number of amides is 4. The van der Waals surface area contributed by atoms with E-state index >= 15 is 0 Å². The maximum Gasteiger partial charge on any atom is 0.327 e. The van der Waals surface area contributed by atoms with Gasteiger partial charge >= 0.3 is 12.0 Å². The number of ether oxygens (including phenoxy) is 1. The first-order valence-corrected chi connectivity index (χ1v) is 10.6. The van der Waals surface area contributed by atoms with Gasteiger partial charge in [0.25, 0.3) is 11.8 Å². The van der Waals surface area contributed by atoms with Crippen LogP contribution in [0.25, 0.3) is 0 Å². The van der Waals surface area contributed by atoms with Crippen LogP contribution in [0.5, 0.6) is 0 Å². The number of hydrogen-bond acceptors (Lipinski definition) is 5. The van der Waals surface area contributed by atoms with E-state index in [9.17, 15) is 19.2 Å². The van der Waals surface area contributed by atoms with Gasteiger partial charge in [-0.2, -0.15) is 0 Å². The van der Waals surface area contributed by atoms with Crippen LogP contribution >= 0.6 is 0 Å². The highest BCUT2D eigenvalue weighted by Crippen LogP contribution is 2.38. The molecule has 1 heterocycles. The number of carbonyl (C=O) groups is 4. The molecule has 3 atom stereocenters. The summed E-state index contributed by atoms with van der Waals surface area (Å²) in [5.41, 5.74) is -0.392. The lowest BCUT2D eigenvalue weighted by Gasteiger charge is -2.36. The monoisotopic (exact) mass is 413 g/mol. The second-order valence-corrected chi connectivity index (χ2v) is 8.50. The fraction of sp³-hybridized carbons (Fsp3) is 0.545. The van der Waals surface area contributed by atoms with Crippen molar-refractivity contribution in [2.24, 2.45) is 5.92 Å². The van der Waals surface area contributed by atoms with Crippen LogP contribution in [0.15, 0.2) is 30.3 Å². The van der Waals surface area contributed by atoms with Crippen LogP contribution in [0.1, 0.15) is 57.1 Å². The third-order valence-electron chi connectivity index (χ3n) is 6.30. The summed E-state index contributed by atoms with van der Waals surface area (Å²) in [5.74, 6) is -1.56. The van der Waals surface area contributed by atoms with E-state index in [4.69, 9.17) is 4.74 Å². The zero-order valence-corrected chi connectivity index (χ0v) is 17.1. The van der Waals surface area contributed by atoms with E-state index in [0.717, 1.165) is 37.0 Å². The average Bonchev–Trinajstić information content (AvgIpc) is 3.52. The summed E-state index contributed by atoms with van der Waals surface area (Å²) in [6, 6.07) is 8.26. The second-order valence-electron chi connectivity index (χ2n) is 8.50. The van der Waals surface area contributed by atoms with Crippen molar-refractivity contribution in [3.05, 3.63) is 35.9 Å². The summed E-state index contributed by atoms with van der Waals surface area (Å²) in [6.07, 6.45) is 3.98. The van der Waals surface area contributed by atoms with E-state index < -0.39 is 36.1 Å². The molecule has 3 unspecified atom stereocenters. The molecule has 30 heavy (non-hydrogen) atoms. The molecule has 2 aliphatic carbocycles. The van der Waals surface area contributed by atoms with Crippen molar-refractivity contribution >= 4 is 23.8 Å². The van der Waals surface area contributed by atoms with Gasteiger partial charge in [-0.3, -0.25) is 19.3 Å². The Labute approximate surface area is 175 Å². The Balaban J connectivity index is 1.46. The van der Waals surface area contributed by atoms with Crippen molar-refractivity contribution in [1.29, 1.82) is 0 Å². The van der Waals surface area contributed by atoms with Gasteiger partial charge in [0, 0.05) is 11.6 Å². The Bertz CT molecular complexity index is 854. The largest absolute Gasteiger partial charge is 0.446 e. The molecule has 8 heteroatoms. The SMILES string of the molecule is CC1CCCCC12NC(=O)N(CC(=O)OC(C(=O)NC1CC1)c1ccccc1)C2=O. The Morgan fingerprint density at radius 2 is 1.93 bits per heavy atom. The molecule has 0 radical (unpaired) electrons. The Hall–Kier alpha value is -2.90. The first-order chi connectivity index (χ1) is 14.4.